The molecule has 2 rings (SSSR count). The van der Waals surface area contributed by atoms with E-state index in [9.17, 15) is 13.6 Å². The van der Waals surface area contributed by atoms with Crippen LogP contribution in [0.2, 0.25) is 0 Å². The summed E-state index contributed by atoms with van der Waals surface area (Å²) in [4.78, 5) is 9.75. The van der Waals surface area contributed by atoms with E-state index in [1.807, 2.05) is 0 Å². The van der Waals surface area contributed by atoms with E-state index in [4.69, 9.17) is 16.7 Å². The van der Waals surface area contributed by atoms with Gasteiger partial charge in [0.25, 0.3) is 0 Å². The minimum Gasteiger partial charge on any atom is -0.481 e. The number of carboxylic acids is 1. The Kier molecular flexibility index (Phi) is 4.28. The molecule has 0 aliphatic carbocycles. The fourth-order valence-corrected chi connectivity index (χ4v) is 2.35. The summed E-state index contributed by atoms with van der Waals surface area (Å²) in [5, 5.41) is 8.84. The summed E-state index contributed by atoms with van der Waals surface area (Å²) in [6.45, 7) is 1.61. The first-order valence-corrected chi connectivity index (χ1v) is 6.64. The van der Waals surface area contributed by atoms with Gasteiger partial charge in [0.05, 0.1) is 11.3 Å². The van der Waals surface area contributed by atoms with Crippen LogP contribution in [0.25, 0.3) is 11.1 Å². The van der Waals surface area contributed by atoms with Crippen LogP contribution in [0.5, 0.6) is 0 Å². The number of hydrogen-bond acceptors (Lipinski definition) is 1. The van der Waals surface area contributed by atoms with Crippen LogP contribution in [0, 0.1) is 11.6 Å². The molecular formula is C16H13ClF2O2. The van der Waals surface area contributed by atoms with E-state index in [1.165, 1.54) is 12.1 Å². The van der Waals surface area contributed by atoms with Crippen LogP contribution in [-0.4, -0.2) is 11.1 Å². The number of carboxylic acid groups (broad SMARTS) is 1. The number of aliphatic carboxylic acids is 1. The summed E-state index contributed by atoms with van der Waals surface area (Å²) in [5.74, 6) is -2.29. The minimum absolute atomic E-state index is 0.223. The molecule has 0 spiro atoms. The van der Waals surface area contributed by atoms with Gasteiger partial charge in [-0.2, -0.15) is 0 Å². The van der Waals surface area contributed by atoms with Gasteiger partial charge < -0.3 is 5.11 Å². The average molecular weight is 311 g/mol. The van der Waals surface area contributed by atoms with E-state index in [2.05, 4.69) is 0 Å². The van der Waals surface area contributed by atoms with Crippen LogP contribution in [0.4, 0.5) is 8.78 Å². The predicted octanol–water partition coefficient (Wildman–Crippen LogP) is 4.56. The van der Waals surface area contributed by atoms with Gasteiger partial charge in [0.1, 0.15) is 11.6 Å². The van der Waals surface area contributed by atoms with Gasteiger partial charge in [0.2, 0.25) is 0 Å². The number of carbonyl (C=O) groups is 1. The summed E-state index contributed by atoms with van der Waals surface area (Å²) in [6, 6.07) is 9.92. The lowest BCUT2D eigenvalue weighted by atomic mass is 9.94. The highest BCUT2D eigenvalue weighted by Crippen LogP contribution is 2.34. The molecular weight excluding hydrogens is 298 g/mol. The predicted molar refractivity (Wildman–Crippen MR) is 77.3 cm³/mol. The third-order valence-corrected chi connectivity index (χ3v) is 3.56. The van der Waals surface area contributed by atoms with Crippen LogP contribution in [0.3, 0.4) is 0 Å². The second-order valence-corrected chi connectivity index (χ2v) is 5.80. The van der Waals surface area contributed by atoms with Gasteiger partial charge in [-0.05, 0) is 30.2 Å². The zero-order valence-corrected chi connectivity index (χ0v) is 12.0. The number of hydrogen-bond donors (Lipinski definition) is 1. The molecule has 0 heterocycles. The SMILES string of the molecule is CC(Cl)(CC(=O)O)c1ccc(-c2ccc(F)cc2F)cc1. The van der Waals surface area contributed by atoms with Crippen molar-refractivity contribution in [3.63, 3.8) is 0 Å². The molecule has 2 aromatic carbocycles. The van der Waals surface area contributed by atoms with Gasteiger partial charge >= 0.3 is 5.97 Å². The van der Waals surface area contributed by atoms with Crippen molar-refractivity contribution in [3.8, 4) is 11.1 Å². The Morgan fingerprint density at radius 3 is 2.33 bits per heavy atom. The first-order valence-electron chi connectivity index (χ1n) is 6.26. The van der Waals surface area contributed by atoms with Gasteiger partial charge in [0, 0.05) is 11.6 Å². The van der Waals surface area contributed by atoms with E-state index in [1.54, 1.807) is 31.2 Å². The molecule has 0 aliphatic rings. The van der Waals surface area contributed by atoms with E-state index >= 15 is 0 Å². The molecule has 0 radical (unpaired) electrons. The van der Waals surface area contributed by atoms with Crippen molar-refractivity contribution < 1.29 is 18.7 Å². The Hall–Kier alpha value is -1.94. The van der Waals surface area contributed by atoms with Crippen molar-refractivity contribution in [2.24, 2.45) is 0 Å². The highest BCUT2D eigenvalue weighted by molar-refractivity contribution is 6.24. The van der Waals surface area contributed by atoms with E-state index in [-0.39, 0.29) is 12.0 Å². The summed E-state index contributed by atoms with van der Waals surface area (Å²) < 4.78 is 26.6. The lowest BCUT2D eigenvalue weighted by molar-refractivity contribution is -0.137. The Morgan fingerprint density at radius 1 is 1.19 bits per heavy atom. The molecule has 2 nitrogen and oxygen atoms in total. The largest absolute Gasteiger partial charge is 0.481 e. The molecule has 110 valence electrons. The maximum atomic E-state index is 13.7. The van der Waals surface area contributed by atoms with Crippen molar-refractivity contribution in [1.82, 2.24) is 0 Å². The molecule has 0 fully saturated rings. The Balaban J connectivity index is 2.32. The van der Waals surface area contributed by atoms with Gasteiger partial charge in [-0.25, -0.2) is 8.78 Å². The number of benzene rings is 2. The molecule has 2 aromatic rings. The maximum Gasteiger partial charge on any atom is 0.305 e. The molecule has 21 heavy (non-hydrogen) atoms. The third-order valence-electron chi connectivity index (χ3n) is 3.21. The Morgan fingerprint density at radius 2 is 1.81 bits per heavy atom. The first kappa shape index (κ1) is 15.4. The summed E-state index contributed by atoms with van der Waals surface area (Å²) in [6.07, 6.45) is -0.223. The highest BCUT2D eigenvalue weighted by Gasteiger charge is 2.26. The topological polar surface area (TPSA) is 37.3 Å². The minimum atomic E-state index is -1.04. The second kappa shape index (κ2) is 5.82. The quantitative estimate of drug-likeness (QED) is 0.841. The molecule has 0 amide bonds. The molecule has 1 atom stereocenters. The van der Waals surface area contributed by atoms with Crippen LogP contribution >= 0.6 is 11.6 Å². The van der Waals surface area contributed by atoms with Crippen molar-refractivity contribution >= 4 is 17.6 Å². The van der Waals surface area contributed by atoms with Crippen LogP contribution in [0.1, 0.15) is 18.9 Å². The van der Waals surface area contributed by atoms with Crippen molar-refractivity contribution in [3.05, 3.63) is 59.7 Å². The van der Waals surface area contributed by atoms with Gasteiger partial charge in [-0.3, -0.25) is 4.79 Å². The molecule has 5 heteroatoms. The third kappa shape index (κ3) is 3.58. The first-order chi connectivity index (χ1) is 9.79. The van der Waals surface area contributed by atoms with Gasteiger partial charge in [-0.15, -0.1) is 11.6 Å². The van der Waals surface area contributed by atoms with Crippen molar-refractivity contribution in [2.45, 2.75) is 18.2 Å². The average Bonchev–Trinajstić information content (AvgIpc) is 2.37. The lowest BCUT2D eigenvalue weighted by Gasteiger charge is -2.20. The Labute approximate surface area is 126 Å². The highest BCUT2D eigenvalue weighted by atomic mass is 35.5. The monoisotopic (exact) mass is 310 g/mol. The maximum absolute atomic E-state index is 13.7. The second-order valence-electron chi connectivity index (χ2n) is 4.97. The van der Waals surface area contributed by atoms with E-state index < -0.39 is 22.5 Å². The Bertz CT molecular complexity index is 666. The molecule has 0 saturated carbocycles. The van der Waals surface area contributed by atoms with Gasteiger partial charge in [-0.1, -0.05) is 24.3 Å². The lowest BCUT2D eigenvalue weighted by Crippen LogP contribution is -2.18. The van der Waals surface area contributed by atoms with Crippen LogP contribution < -0.4 is 0 Å². The summed E-state index contributed by atoms with van der Waals surface area (Å²) in [5.41, 5.74) is 1.47. The van der Waals surface area contributed by atoms with Gasteiger partial charge in [0.15, 0.2) is 0 Å². The normalized spacial score (nSPS) is 13.7. The van der Waals surface area contributed by atoms with E-state index in [0.29, 0.717) is 11.1 Å². The summed E-state index contributed by atoms with van der Waals surface area (Å²) in [7, 11) is 0. The zero-order valence-electron chi connectivity index (χ0n) is 11.2. The van der Waals surface area contributed by atoms with Crippen molar-refractivity contribution in [1.29, 1.82) is 0 Å². The molecule has 0 aliphatic heterocycles. The van der Waals surface area contributed by atoms with Crippen LogP contribution in [0.15, 0.2) is 42.5 Å². The molecule has 0 bridgehead atoms. The van der Waals surface area contributed by atoms with E-state index in [0.717, 1.165) is 6.07 Å². The van der Waals surface area contributed by atoms with Crippen molar-refractivity contribution in [2.75, 3.05) is 0 Å². The standard InChI is InChI=1S/C16H13ClF2O2/c1-16(17,9-15(20)21)11-4-2-10(3-5-11)13-7-6-12(18)8-14(13)19/h2-8H,9H2,1H3,(H,20,21). The molecule has 1 unspecified atom stereocenters. The molecule has 1 N–H and O–H groups in total. The number of halogens is 3. The smallest absolute Gasteiger partial charge is 0.305 e. The fraction of sp³-hybridized carbons (Fsp3) is 0.188. The molecule has 0 saturated heterocycles. The van der Waals surface area contributed by atoms with Crippen LogP contribution in [-0.2, 0) is 9.67 Å². The fourth-order valence-electron chi connectivity index (χ4n) is 2.11. The molecule has 0 aromatic heterocycles. The summed E-state index contributed by atoms with van der Waals surface area (Å²) >= 11 is 6.20. The number of rotatable bonds is 4. The zero-order chi connectivity index (χ0) is 15.6. The number of alkyl halides is 1.